The third-order valence-corrected chi connectivity index (χ3v) is 3.23. The first-order chi connectivity index (χ1) is 8.58. The Labute approximate surface area is 103 Å². The maximum absolute atomic E-state index is 13.4. The highest BCUT2D eigenvalue weighted by Crippen LogP contribution is 2.34. The molecule has 0 amide bonds. The van der Waals surface area contributed by atoms with Gasteiger partial charge in [-0.1, -0.05) is 5.16 Å². The molecule has 3 rings (SSSR count). The molecule has 0 atom stereocenters. The third kappa shape index (κ3) is 1.40. The fourth-order valence-electron chi connectivity index (χ4n) is 2.26. The summed E-state index contributed by atoms with van der Waals surface area (Å²) in [6, 6.07) is 6.34. The lowest BCUT2D eigenvalue weighted by atomic mass is 10.1. The highest BCUT2D eigenvalue weighted by atomic mass is 19.1. The lowest BCUT2D eigenvalue weighted by molar-refractivity contribution is 0.436. The van der Waals surface area contributed by atoms with E-state index < -0.39 is 0 Å². The van der Waals surface area contributed by atoms with Gasteiger partial charge in [-0.2, -0.15) is 0 Å². The molecule has 0 unspecified atom stereocenters. The molecule has 0 aliphatic heterocycles. The van der Waals surface area contributed by atoms with Crippen molar-refractivity contribution in [2.45, 2.75) is 6.92 Å². The average molecular weight is 245 g/mol. The fraction of sp³-hybridized carbons (Fsp3) is 0.154. The molecule has 0 aliphatic carbocycles. The van der Waals surface area contributed by atoms with Crippen LogP contribution in [0.2, 0.25) is 0 Å². The summed E-state index contributed by atoms with van der Waals surface area (Å²) in [7, 11) is 1.93. The molecule has 92 valence electrons. The summed E-state index contributed by atoms with van der Waals surface area (Å²) >= 11 is 0. The number of nitrogens with two attached hydrogens (primary N) is 1. The average Bonchev–Trinajstić information content (AvgIpc) is 2.84. The second kappa shape index (κ2) is 3.60. The Morgan fingerprint density at radius 1 is 1.33 bits per heavy atom. The summed E-state index contributed by atoms with van der Waals surface area (Å²) in [5.74, 6) is 0.598. The van der Waals surface area contributed by atoms with Crippen molar-refractivity contribution in [3.8, 4) is 11.3 Å². The zero-order valence-electron chi connectivity index (χ0n) is 10.1. The van der Waals surface area contributed by atoms with Gasteiger partial charge in [-0.15, -0.1) is 0 Å². The predicted octanol–water partition coefficient (Wildman–Crippen LogP) is 2.86. The normalized spacial score (nSPS) is 11.3. The van der Waals surface area contributed by atoms with Crippen LogP contribution < -0.4 is 5.73 Å². The van der Waals surface area contributed by atoms with Crippen molar-refractivity contribution < 1.29 is 8.91 Å². The quantitative estimate of drug-likeness (QED) is 0.717. The molecule has 0 fully saturated rings. The van der Waals surface area contributed by atoms with E-state index in [1.807, 2.05) is 18.5 Å². The molecular weight excluding hydrogens is 233 g/mol. The van der Waals surface area contributed by atoms with E-state index in [2.05, 4.69) is 5.16 Å². The van der Waals surface area contributed by atoms with Crippen LogP contribution >= 0.6 is 0 Å². The van der Waals surface area contributed by atoms with Crippen LogP contribution in [0, 0.1) is 12.7 Å². The molecule has 1 aromatic carbocycles. The van der Waals surface area contributed by atoms with Gasteiger partial charge >= 0.3 is 0 Å². The topological polar surface area (TPSA) is 57.0 Å². The number of aromatic nitrogens is 2. The van der Waals surface area contributed by atoms with Gasteiger partial charge in [-0.3, -0.25) is 0 Å². The van der Waals surface area contributed by atoms with Crippen molar-refractivity contribution in [3.63, 3.8) is 0 Å². The summed E-state index contributed by atoms with van der Waals surface area (Å²) in [4.78, 5) is 0. The minimum atomic E-state index is -0.276. The summed E-state index contributed by atoms with van der Waals surface area (Å²) < 4.78 is 20.6. The maximum Gasteiger partial charge on any atom is 0.171 e. The number of aryl methyl sites for hydroxylation is 1. The van der Waals surface area contributed by atoms with E-state index in [9.17, 15) is 4.39 Å². The van der Waals surface area contributed by atoms with Crippen molar-refractivity contribution >= 4 is 16.7 Å². The molecule has 0 bridgehead atoms. The molecule has 18 heavy (non-hydrogen) atoms. The maximum atomic E-state index is 13.4. The number of hydrogen-bond donors (Lipinski definition) is 1. The predicted molar refractivity (Wildman–Crippen MR) is 67.5 cm³/mol. The van der Waals surface area contributed by atoms with Gasteiger partial charge in [-0.25, -0.2) is 4.39 Å². The van der Waals surface area contributed by atoms with E-state index in [4.69, 9.17) is 10.3 Å². The van der Waals surface area contributed by atoms with Crippen LogP contribution in [-0.2, 0) is 7.05 Å². The van der Waals surface area contributed by atoms with Crippen LogP contribution in [0.5, 0.6) is 0 Å². The second-order valence-electron chi connectivity index (χ2n) is 4.30. The van der Waals surface area contributed by atoms with Crippen molar-refractivity contribution in [1.29, 1.82) is 0 Å². The van der Waals surface area contributed by atoms with Gasteiger partial charge in [0.25, 0.3) is 0 Å². The summed E-state index contributed by atoms with van der Waals surface area (Å²) in [6.07, 6.45) is 0. The fourth-order valence-corrected chi connectivity index (χ4v) is 2.26. The van der Waals surface area contributed by atoms with Gasteiger partial charge in [0.2, 0.25) is 0 Å². The second-order valence-corrected chi connectivity index (χ2v) is 4.30. The van der Waals surface area contributed by atoms with Crippen molar-refractivity contribution in [1.82, 2.24) is 9.72 Å². The summed E-state index contributed by atoms with van der Waals surface area (Å²) in [5, 5.41) is 4.47. The molecule has 0 saturated carbocycles. The Morgan fingerprint density at radius 2 is 2.11 bits per heavy atom. The molecule has 0 saturated heterocycles. The first-order valence-corrected chi connectivity index (χ1v) is 5.55. The van der Waals surface area contributed by atoms with Gasteiger partial charge < -0.3 is 14.8 Å². The van der Waals surface area contributed by atoms with Gasteiger partial charge in [0, 0.05) is 35.3 Å². The Kier molecular flexibility index (Phi) is 2.16. The summed E-state index contributed by atoms with van der Waals surface area (Å²) in [6.45, 7) is 1.95. The zero-order valence-corrected chi connectivity index (χ0v) is 10.1. The van der Waals surface area contributed by atoms with Crippen LogP contribution in [0.3, 0.4) is 0 Å². The molecule has 5 heteroatoms. The third-order valence-electron chi connectivity index (χ3n) is 3.23. The largest absolute Gasteiger partial charge is 0.381 e. The van der Waals surface area contributed by atoms with Crippen molar-refractivity contribution in [3.05, 3.63) is 35.8 Å². The number of nitrogen functional groups attached to an aromatic ring is 1. The number of nitrogens with zero attached hydrogens (tertiary/aromatic N) is 2. The van der Waals surface area contributed by atoms with E-state index in [-0.39, 0.29) is 5.82 Å². The number of rotatable bonds is 1. The minimum Gasteiger partial charge on any atom is -0.381 e. The molecule has 4 nitrogen and oxygen atoms in total. The number of halogens is 1. The number of hydrogen-bond acceptors (Lipinski definition) is 3. The van der Waals surface area contributed by atoms with Crippen molar-refractivity contribution in [2.75, 3.05) is 5.73 Å². The first-order valence-electron chi connectivity index (χ1n) is 5.55. The standard InChI is InChI=1S/C13H12FN3O/c1-7-13(11-6-12(15)16-18-11)9-5-8(14)3-4-10(9)17(7)2/h3-6H,1-2H3,(H2,15,16). The van der Waals surface area contributed by atoms with E-state index >= 15 is 0 Å². The van der Waals surface area contributed by atoms with Crippen molar-refractivity contribution in [2.24, 2.45) is 7.05 Å². The molecular formula is C13H12FN3O. The van der Waals surface area contributed by atoms with Gasteiger partial charge in [0.1, 0.15) is 5.82 Å². The van der Waals surface area contributed by atoms with E-state index in [1.165, 1.54) is 12.1 Å². The number of benzene rings is 1. The molecule has 0 aliphatic rings. The van der Waals surface area contributed by atoms with Gasteiger partial charge in [-0.05, 0) is 25.1 Å². The van der Waals surface area contributed by atoms with Crippen LogP contribution in [0.15, 0.2) is 28.8 Å². The SMILES string of the molecule is Cc1c(-c2cc(N)no2)c2cc(F)ccc2n1C. The molecule has 2 heterocycles. The van der Waals surface area contributed by atoms with Crippen LogP contribution in [0.4, 0.5) is 10.2 Å². The number of anilines is 1. The smallest absolute Gasteiger partial charge is 0.171 e. The molecule has 0 spiro atoms. The van der Waals surface area contributed by atoms with E-state index in [1.54, 1.807) is 12.1 Å². The number of fused-ring (bicyclic) bond motifs is 1. The van der Waals surface area contributed by atoms with E-state index in [0.29, 0.717) is 11.6 Å². The Hall–Kier alpha value is -2.30. The Bertz CT molecular complexity index is 742. The Morgan fingerprint density at radius 3 is 2.78 bits per heavy atom. The molecule has 2 N–H and O–H groups in total. The van der Waals surface area contributed by atoms with Crippen LogP contribution in [0.25, 0.3) is 22.2 Å². The zero-order chi connectivity index (χ0) is 12.9. The lowest BCUT2D eigenvalue weighted by Crippen LogP contribution is -1.90. The Balaban J connectivity index is 2.40. The molecule has 0 radical (unpaired) electrons. The minimum absolute atomic E-state index is 0.276. The van der Waals surface area contributed by atoms with E-state index in [0.717, 1.165) is 22.2 Å². The highest BCUT2D eigenvalue weighted by molar-refractivity contribution is 5.97. The van der Waals surface area contributed by atoms with Gasteiger partial charge in [0.15, 0.2) is 11.6 Å². The van der Waals surface area contributed by atoms with Crippen LogP contribution in [0.1, 0.15) is 5.69 Å². The lowest BCUT2D eigenvalue weighted by Gasteiger charge is -1.97. The van der Waals surface area contributed by atoms with Crippen LogP contribution in [-0.4, -0.2) is 9.72 Å². The molecule has 2 aromatic heterocycles. The summed E-state index contributed by atoms with van der Waals surface area (Å²) in [5.41, 5.74) is 8.31. The monoisotopic (exact) mass is 245 g/mol. The van der Waals surface area contributed by atoms with Gasteiger partial charge in [0.05, 0.1) is 0 Å². The molecule has 3 aromatic rings. The first kappa shape index (κ1) is 10.8. The highest BCUT2D eigenvalue weighted by Gasteiger charge is 2.17.